The molecule has 0 amide bonds. The van der Waals surface area contributed by atoms with Crippen LogP contribution in [-0.4, -0.2) is 12.5 Å². The van der Waals surface area contributed by atoms with Gasteiger partial charge in [0, 0.05) is 0 Å². The maximum Gasteiger partial charge on any atom is 0.167 e. The van der Waals surface area contributed by atoms with Crippen LogP contribution < -0.4 is 0 Å². The molecule has 0 spiro atoms. The van der Waals surface area contributed by atoms with Crippen molar-refractivity contribution in [3.05, 3.63) is 18.9 Å². The van der Waals surface area contributed by atoms with E-state index >= 15 is 0 Å². The summed E-state index contributed by atoms with van der Waals surface area (Å²) < 4.78 is 4.47. The predicted molar refractivity (Wildman–Crippen MR) is 26.4 cm³/mol. The Morgan fingerprint density at radius 2 is 2.57 bits per heavy atom. The van der Waals surface area contributed by atoms with E-state index in [1.807, 2.05) is 0 Å². The first-order valence-corrected chi connectivity index (χ1v) is 1.83. The molecule has 38 valence electrons. The van der Waals surface area contributed by atoms with Gasteiger partial charge in [-0.05, 0) is 0 Å². The highest BCUT2D eigenvalue weighted by atomic mass is 16.5. The summed E-state index contributed by atoms with van der Waals surface area (Å²) in [6, 6.07) is 0. The van der Waals surface area contributed by atoms with Gasteiger partial charge in [0.1, 0.15) is 6.61 Å². The van der Waals surface area contributed by atoms with Crippen molar-refractivity contribution in [3.63, 3.8) is 0 Å². The maximum absolute atomic E-state index is 9.34. The Labute approximate surface area is 42.1 Å². The van der Waals surface area contributed by atoms with Crippen molar-refractivity contribution in [2.45, 2.75) is 0 Å². The van der Waals surface area contributed by atoms with Crippen LogP contribution in [0.2, 0.25) is 0 Å². The molecule has 0 aliphatic rings. The van der Waals surface area contributed by atoms with E-state index in [1.54, 1.807) is 6.08 Å². The van der Waals surface area contributed by atoms with Crippen molar-refractivity contribution in [3.8, 4) is 0 Å². The van der Waals surface area contributed by atoms with Crippen molar-refractivity contribution in [1.29, 1.82) is 0 Å². The summed E-state index contributed by atoms with van der Waals surface area (Å²) in [5.41, 5.74) is 0. The van der Waals surface area contributed by atoms with Crippen molar-refractivity contribution in [1.82, 2.24) is 0 Å². The first kappa shape index (κ1) is 5.99. The minimum absolute atomic E-state index is 0.370. The lowest BCUT2D eigenvalue weighted by molar-refractivity contribution is 0.292. The van der Waals surface area contributed by atoms with Gasteiger partial charge < -0.3 is 4.74 Å². The second-order valence-electron chi connectivity index (χ2n) is 0.858. The molecule has 2 heteroatoms. The van der Waals surface area contributed by atoms with Crippen molar-refractivity contribution in [2.75, 3.05) is 6.61 Å². The van der Waals surface area contributed by atoms with E-state index < -0.39 is 0 Å². The van der Waals surface area contributed by atoms with Gasteiger partial charge >= 0.3 is 0 Å². The molecule has 0 heterocycles. The molecule has 0 aromatic carbocycles. The quantitative estimate of drug-likeness (QED) is 0.223. The molecule has 0 atom stereocenters. The van der Waals surface area contributed by atoms with E-state index in [0.29, 0.717) is 6.61 Å². The lowest BCUT2D eigenvalue weighted by Gasteiger charge is -1.84. The predicted octanol–water partition coefficient (Wildman–Crippen LogP) is 0.534. The molecule has 0 saturated heterocycles. The molecule has 0 aromatic rings. The van der Waals surface area contributed by atoms with Crippen LogP contribution in [0.4, 0.5) is 0 Å². The minimum Gasteiger partial charge on any atom is -0.486 e. The van der Waals surface area contributed by atoms with Gasteiger partial charge in [0.05, 0.1) is 0 Å². The molecule has 0 aliphatic carbocycles. The fraction of sp³-hybridized carbons (Fsp3) is 0.200. The van der Waals surface area contributed by atoms with Gasteiger partial charge in [-0.15, -0.1) is 0 Å². The fourth-order valence-corrected chi connectivity index (χ4v) is 0.150. The van der Waals surface area contributed by atoms with E-state index in [4.69, 9.17) is 0 Å². The highest BCUT2D eigenvalue weighted by Gasteiger charge is 1.65. The standard InChI is InChI=1S/C5H6O2/c1-2-4-7-5-3-6/h2,5H,1,4H2. The number of rotatable bonds is 3. The van der Waals surface area contributed by atoms with Gasteiger partial charge in [0.15, 0.2) is 12.2 Å². The van der Waals surface area contributed by atoms with E-state index in [-0.39, 0.29) is 0 Å². The molecular formula is C5H6O2. The number of carbonyl (C=O) groups excluding carboxylic acids is 1. The van der Waals surface area contributed by atoms with Crippen LogP contribution in [0.25, 0.3) is 0 Å². The average molecular weight is 98.1 g/mol. The molecule has 0 unspecified atom stereocenters. The summed E-state index contributed by atoms with van der Waals surface area (Å²) in [6.45, 7) is 3.73. The molecule has 2 nitrogen and oxygen atoms in total. The monoisotopic (exact) mass is 98.0 g/mol. The smallest absolute Gasteiger partial charge is 0.167 e. The lowest BCUT2D eigenvalue weighted by atomic mass is 10.7. The zero-order valence-electron chi connectivity index (χ0n) is 3.89. The van der Waals surface area contributed by atoms with Crippen molar-refractivity contribution >= 4 is 5.94 Å². The summed E-state index contributed by atoms with van der Waals surface area (Å²) in [4.78, 5) is 9.34. The SMILES string of the molecule is C=CCOC=C=O. The third-order valence-electron chi connectivity index (χ3n) is 0.346. The van der Waals surface area contributed by atoms with Crippen LogP contribution in [0.1, 0.15) is 0 Å². The second-order valence-corrected chi connectivity index (χ2v) is 0.858. The third-order valence-corrected chi connectivity index (χ3v) is 0.346. The largest absolute Gasteiger partial charge is 0.486 e. The van der Waals surface area contributed by atoms with Crippen molar-refractivity contribution in [2.24, 2.45) is 0 Å². The Morgan fingerprint density at radius 1 is 1.86 bits per heavy atom. The van der Waals surface area contributed by atoms with Gasteiger partial charge in [-0.3, -0.25) is 0 Å². The summed E-state index contributed by atoms with van der Waals surface area (Å²) >= 11 is 0. The molecule has 0 aromatic heterocycles. The Bertz CT molecular complexity index is 90.3. The Morgan fingerprint density at radius 3 is 3.00 bits per heavy atom. The van der Waals surface area contributed by atoms with E-state index in [0.717, 1.165) is 6.26 Å². The number of hydrogen-bond acceptors (Lipinski definition) is 2. The number of ether oxygens (including phenoxy) is 1. The van der Waals surface area contributed by atoms with Crippen LogP contribution in [-0.2, 0) is 9.53 Å². The highest BCUT2D eigenvalue weighted by molar-refractivity contribution is 5.42. The van der Waals surface area contributed by atoms with E-state index in [9.17, 15) is 4.79 Å². The topological polar surface area (TPSA) is 26.3 Å². The first-order chi connectivity index (χ1) is 3.41. The maximum atomic E-state index is 9.34. The molecule has 0 radical (unpaired) electrons. The zero-order chi connectivity index (χ0) is 5.54. The normalized spacial score (nSPS) is 6.29. The molecule has 0 N–H and O–H groups in total. The average Bonchev–Trinajstić information content (AvgIpc) is 1.69. The third kappa shape index (κ3) is 4.99. The Kier molecular flexibility index (Phi) is 4.27. The van der Waals surface area contributed by atoms with Crippen LogP contribution >= 0.6 is 0 Å². The second kappa shape index (κ2) is 4.99. The molecule has 0 aliphatic heterocycles. The van der Waals surface area contributed by atoms with Crippen molar-refractivity contribution < 1.29 is 9.53 Å². The van der Waals surface area contributed by atoms with Gasteiger partial charge in [0.2, 0.25) is 0 Å². The number of hydrogen-bond donors (Lipinski definition) is 0. The van der Waals surface area contributed by atoms with Gasteiger partial charge in [-0.2, -0.15) is 0 Å². The minimum atomic E-state index is 0.370. The van der Waals surface area contributed by atoms with Gasteiger partial charge in [-0.25, -0.2) is 4.79 Å². The molecular weight excluding hydrogens is 92.1 g/mol. The van der Waals surface area contributed by atoms with Crippen LogP contribution in [0, 0.1) is 0 Å². The fourth-order valence-electron chi connectivity index (χ4n) is 0.150. The molecule has 0 fully saturated rings. The summed E-state index contributed by atoms with van der Waals surface area (Å²) in [6.07, 6.45) is 2.51. The van der Waals surface area contributed by atoms with Crippen LogP contribution in [0.3, 0.4) is 0 Å². The highest BCUT2D eigenvalue weighted by Crippen LogP contribution is 1.69. The molecule has 0 bridgehead atoms. The first-order valence-electron chi connectivity index (χ1n) is 1.83. The van der Waals surface area contributed by atoms with E-state index in [1.165, 1.54) is 5.94 Å². The zero-order valence-corrected chi connectivity index (χ0v) is 3.89. The molecule has 0 rings (SSSR count). The van der Waals surface area contributed by atoms with Gasteiger partial charge in [0.25, 0.3) is 0 Å². The Hall–Kier alpha value is -1.01. The van der Waals surface area contributed by atoms with Crippen LogP contribution in [0.5, 0.6) is 0 Å². The van der Waals surface area contributed by atoms with E-state index in [2.05, 4.69) is 11.3 Å². The summed E-state index contributed by atoms with van der Waals surface area (Å²) in [7, 11) is 0. The Balaban J connectivity index is 2.97. The summed E-state index contributed by atoms with van der Waals surface area (Å²) in [5, 5.41) is 0. The summed E-state index contributed by atoms with van der Waals surface area (Å²) in [5.74, 6) is 1.46. The lowest BCUT2D eigenvalue weighted by Crippen LogP contribution is -1.77. The molecule has 0 saturated carbocycles. The molecule has 7 heavy (non-hydrogen) atoms. The van der Waals surface area contributed by atoms with Crippen LogP contribution in [0.15, 0.2) is 18.9 Å². The van der Waals surface area contributed by atoms with Gasteiger partial charge in [-0.1, -0.05) is 12.7 Å².